The van der Waals surface area contributed by atoms with Gasteiger partial charge in [0.1, 0.15) is 5.82 Å². The van der Waals surface area contributed by atoms with Gasteiger partial charge in [-0.1, -0.05) is 19.1 Å². The largest absolute Gasteiger partial charge is 0.330 e. The number of halogens is 2. The van der Waals surface area contributed by atoms with Crippen LogP contribution in [-0.2, 0) is 0 Å². The van der Waals surface area contributed by atoms with Crippen molar-refractivity contribution in [3.63, 3.8) is 0 Å². The summed E-state index contributed by atoms with van der Waals surface area (Å²) >= 11 is 0. The standard InChI is InChI=1S/C9H12FN.ClH/c1-7(6-11)8-3-2-4-9(10)5-8;/h2-5,7H,6,11H2,1H3;1H. The third-order valence-electron chi connectivity index (χ3n) is 1.77. The second-order valence-corrected chi connectivity index (χ2v) is 2.69. The van der Waals surface area contributed by atoms with Gasteiger partial charge in [-0.3, -0.25) is 0 Å². The first-order valence-corrected chi connectivity index (χ1v) is 3.69. The molecule has 0 aromatic heterocycles. The van der Waals surface area contributed by atoms with E-state index in [0.717, 1.165) is 5.56 Å². The average Bonchev–Trinajstić information content (AvgIpc) is 2.03. The molecule has 1 rings (SSSR count). The van der Waals surface area contributed by atoms with Crippen molar-refractivity contribution in [2.45, 2.75) is 12.8 Å². The van der Waals surface area contributed by atoms with Crippen LogP contribution in [0.1, 0.15) is 18.4 Å². The first kappa shape index (κ1) is 11.4. The van der Waals surface area contributed by atoms with Crippen molar-refractivity contribution in [2.24, 2.45) is 5.73 Å². The number of hydrogen-bond acceptors (Lipinski definition) is 1. The van der Waals surface area contributed by atoms with E-state index >= 15 is 0 Å². The molecule has 0 aliphatic carbocycles. The molecular weight excluding hydrogens is 177 g/mol. The lowest BCUT2D eigenvalue weighted by Crippen LogP contribution is -2.08. The van der Waals surface area contributed by atoms with E-state index in [9.17, 15) is 4.39 Å². The fourth-order valence-corrected chi connectivity index (χ4v) is 0.949. The summed E-state index contributed by atoms with van der Waals surface area (Å²) < 4.78 is 12.6. The molecule has 1 atom stereocenters. The Morgan fingerprint density at radius 1 is 1.50 bits per heavy atom. The molecule has 0 spiro atoms. The summed E-state index contributed by atoms with van der Waals surface area (Å²) in [5.41, 5.74) is 6.40. The molecule has 0 radical (unpaired) electrons. The Bertz CT molecular complexity index is 240. The number of hydrogen-bond donors (Lipinski definition) is 1. The van der Waals surface area contributed by atoms with Crippen LogP contribution < -0.4 is 5.73 Å². The highest BCUT2D eigenvalue weighted by atomic mass is 35.5. The second kappa shape index (κ2) is 5.12. The van der Waals surface area contributed by atoms with Crippen molar-refractivity contribution < 1.29 is 4.39 Å². The molecule has 0 amide bonds. The van der Waals surface area contributed by atoms with E-state index in [1.165, 1.54) is 12.1 Å². The molecule has 2 N–H and O–H groups in total. The zero-order valence-corrected chi connectivity index (χ0v) is 7.77. The van der Waals surface area contributed by atoms with Crippen LogP contribution in [0.4, 0.5) is 4.39 Å². The molecule has 12 heavy (non-hydrogen) atoms. The van der Waals surface area contributed by atoms with Crippen LogP contribution in [-0.4, -0.2) is 6.54 Å². The highest BCUT2D eigenvalue weighted by Gasteiger charge is 2.02. The summed E-state index contributed by atoms with van der Waals surface area (Å²) in [6, 6.07) is 6.56. The summed E-state index contributed by atoms with van der Waals surface area (Å²) in [5, 5.41) is 0. The van der Waals surface area contributed by atoms with E-state index in [-0.39, 0.29) is 24.1 Å². The smallest absolute Gasteiger partial charge is 0.123 e. The molecule has 0 heterocycles. The maximum absolute atomic E-state index is 12.6. The SMILES string of the molecule is CC(CN)c1cccc(F)c1.Cl. The van der Waals surface area contributed by atoms with E-state index in [1.807, 2.05) is 13.0 Å². The Kier molecular flexibility index (Phi) is 4.86. The Balaban J connectivity index is 0.00000121. The number of benzene rings is 1. The van der Waals surface area contributed by atoms with Gasteiger partial charge in [0.25, 0.3) is 0 Å². The van der Waals surface area contributed by atoms with Gasteiger partial charge in [0.15, 0.2) is 0 Å². The summed E-state index contributed by atoms with van der Waals surface area (Å²) in [4.78, 5) is 0. The Morgan fingerprint density at radius 3 is 2.67 bits per heavy atom. The lowest BCUT2D eigenvalue weighted by Gasteiger charge is -2.07. The monoisotopic (exact) mass is 189 g/mol. The third kappa shape index (κ3) is 2.80. The molecule has 1 unspecified atom stereocenters. The van der Waals surface area contributed by atoms with E-state index in [1.54, 1.807) is 6.07 Å². The van der Waals surface area contributed by atoms with E-state index in [0.29, 0.717) is 6.54 Å². The predicted octanol–water partition coefficient (Wildman–Crippen LogP) is 2.31. The molecule has 1 nitrogen and oxygen atoms in total. The van der Waals surface area contributed by atoms with Gasteiger partial charge in [-0.05, 0) is 30.2 Å². The van der Waals surface area contributed by atoms with Gasteiger partial charge < -0.3 is 5.73 Å². The first-order valence-electron chi connectivity index (χ1n) is 3.69. The van der Waals surface area contributed by atoms with Crippen molar-refractivity contribution in [1.29, 1.82) is 0 Å². The summed E-state index contributed by atoms with van der Waals surface area (Å²) in [7, 11) is 0. The van der Waals surface area contributed by atoms with E-state index < -0.39 is 0 Å². The molecule has 68 valence electrons. The van der Waals surface area contributed by atoms with Gasteiger partial charge in [-0.25, -0.2) is 4.39 Å². The Labute approximate surface area is 78.2 Å². The first-order chi connectivity index (χ1) is 5.24. The molecule has 0 aliphatic rings. The van der Waals surface area contributed by atoms with Gasteiger partial charge in [0, 0.05) is 0 Å². The van der Waals surface area contributed by atoms with E-state index in [4.69, 9.17) is 5.73 Å². The molecule has 3 heteroatoms. The summed E-state index contributed by atoms with van der Waals surface area (Å²) in [5.74, 6) is 0.0495. The van der Waals surface area contributed by atoms with E-state index in [2.05, 4.69) is 0 Å². The number of nitrogens with two attached hydrogens (primary N) is 1. The summed E-state index contributed by atoms with van der Waals surface area (Å²) in [6.07, 6.45) is 0. The van der Waals surface area contributed by atoms with Crippen LogP contribution in [0.5, 0.6) is 0 Å². The zero-order valence-electron chi connectivity index (χ0n) is 6.96. The molecule has 0 saturated heterocycles. The Hall–Kier alpha value is -0.600. The van der Waals surface area contributed by atoms with Crippen LogP contribution in [0.25, 0.3) is 0 Å². The lowest BCUT2D eigenvalue weighted by molar-refractivity contribution is 0.621. The van der Waals surface area contributed by atoms with Crippen LogP contribution in [0.15, 0.2) is 24.3 Å². The minimum Gasteiger partial charge on any atom is -0.330 e. The predicted molar refractivity (Wildman–Crippen MR) is 51.1 cm³/mol. The van der Waals surface area contributed by atoms with Crippen molar-refractivity contribution in [2.75, 3.05) is 6.54 Å². The third-order valence-corrected chi connectivity index (χ3v) is 1.77. The molecule has 1 aromatic rings. The van der Waals surface area contributed by atoms with Crippen molar-refractivity contribution in [3.8, 4) is 0 Å². The van der Waals surface area contributed by atoms with Crippen molar-refractivity contribution >= 4 is 12.4 Å². The minimum absolute atomic E-state index is 0. The van der Waals surface area contributed by atoms with Crippen LogP contribution in [0, 0.1) is 5.82 Å². The van der Waals surface area contributed by atoms with Gasteiger partial charge in [0.05, 0.1) is 0 Å². The molecule has 0 fully saturated rings. The average molecular weight is 190 g/mol. The van der Waals surface area contributed by atoms with Crippen LogP contribution in [0.2, 0.25) is 0 Å². The molecule has 0 bridgehead atoms. The Morgan fingerprint density at radius 2 is 2.17 bits per heavy atom. The van der Waals surface area contributed by atoms with Crippen molar-refractivity contribution in [3.05, 3.63) is 35.6 Å². The van der Waals surface area contributed by atoms with Crippen LogP contribution >= 0.6 is 12.4 Å². The normalized spacial score (nSPS) is 11.9. The lowest BCUT2D eigenvalue weighted by atomic mass is 10.0. The van der Waals surface area contributed by atoms with Gasteiger partial charge in [-0.15, -0.1) is 12.4 Å². The summed E-state index contributed by atoms with van der Waals surface area (Å²) in [6.45, 7) is 2.54. The maximum Gasteiger partial charge on any atom is 0.123 e. The topological polar surface area (TPSA) is 26.0 Å². The fourth-order valence-electron chi connectivity index (χ4n) is 0.949. The molecule has 1 aromatic carbocycles. The highest BCUT2D eigenvalue weighted by Crippen LogP contribution is 2.13. The number of rotatable bonds is 2. The zero-order chi connectivity index (χ0) is 8.27. The van der Waals surface area contributed by atoms with Crippen LogP contribution in [0.3, 0.4) is 0 Å². The van der Waals surface area contributed by atoms with Crippen molar-refractivity contribution in [1.82, 2.24) is 0 Å². The van der Waals surface area contributed by atoms with Gasteiger partial charge in [-0.2, -0.15) is 0 Å². The fraction of sp³-hybridized carbons (Fsp3) is 0.333. The molecule has 0 aliphatic heterocycles. The molecule has 0 saturated carbocycles. The quantitative estimate of drug-likeness (QED) is 0.759. The van der Waals surface area contributed by atoms with Gasteiger partial charge in [0.2, 0.25) is 0 Å². The maximum atomic E-state index is 12.6. The van der Waals surface area contributed by atoms with Gasteiger partial charge >= 0.3 is 0 Å². The molecular formula is C9H13ClFN. The highest BCUT2D eigenvalue weighted by molar-refractivity contribution is 5.85. The minimum atomic E-state index is -0.192. The second-order valence-electron chi connectivity index (χ2n) is 2.69.